The number of anilines is 1. The molecule has 17 heavy (non-hydrogen) atoms. The second kappa shape index (κ2) is 4.73. The highest BCUT2D eigenvalue weighted by Crippen LogP contribution is 2.31. The highest BCUT2D eigenvalue weighted by atomic mass is 35.5. The van der Waals surface area contributed by atoms with Gasteiger partial charge in [0, 0.05) is 5.69 Å². The van der Waals surface area contributed by atoms with E-state index in [-0.39, 0.29) is 0 Å². The van der Waals surface area contributed by atoms with Crippen molar-refractivity contribution in [3.63, 3.8) is 0 Å². The van der Waals surface area contributed by atoms with Crippen LogP contribution in [0.15, 0.2) is 22.7 Å². The minimum absolute atomic E-state index is 0.352. The normalized spacial score (nSPS) is 11.1. The van der Waals surface area contributed by atoms with Crippen LogP contribution in [0.4, 0.5) is 5.69 Å². The summed E-state index contributed by atoms with van der Waals surface area (Å²) in [5.74, 6) is 0.953. The summed E-state index contributed by atoms with van der Waals surface area (Å²) in [6.07, 6.45) is 0. The molecule has 0 saturated carbocycles. The zero-order chi connectivity index (χ0) is 12.4. The Morgan fingerprint density at radius 2 is 2.18 bits per heavy atom. The van der Waals surface area contributed by atoms with Crippen molar-refractivity contribution in [2.24, 2.45) is 0 Å². The molecule has 0 radical (unpaired) electrons. The molecule has 1 aromatic carbocycles. The maximum atomic E-state index is 6.06. The van der Waals surface area contributed by atoms with Gasteiger partial charge < -0.3 is 15.2 Å². The number of rotatable bonds is 3. The van der Waals surface area contributed by atoms with Crippen molar-refractivity contribution >= 4 is 17.3 Å². The van der Waals surface area contributed by atoms with Crippen LogP contribution in [0.5, 0.6) is 0 Å². The Bertz CT molecular complexity index is 504. The Balaban J connectivity index is 2.37. The van der Waals surface area contributed by atoms with Gasteiger partial charge in [-0.2, -0.15) is 4.98 Å². The van der Waals surface area contributed by atoms with Gasteiger partial charge in [0.05, 0.1) is 17.1 Å². The number of hydrogen-bond acceptors (Lipinski definition) is 5. The highest BCUT2D eigenvalue weighted by molar-refractivity contribution is 6.33. The van der Waals surface area contributed by atoms with Crippen molar-refractivity contribution in [2.75, 3.05) is 19.8 Å². The first-order valence-corrected chi connectivity index (χ1v) is 5.47. The molecule has 0 aliphatic carbocycles. The summed E-state index contributed by atoms with van der Waals surface area (Å²) in [7, 11) is 3.86. The average molecular weight is 253 g/mol. The number of nitrogens with zero attached hydrogens (tertiary/aromatic N) is 3. The third-order valence-corrected chi connectivity index (χ3v) is 2.50. The number of aromatic nitrogens is 2. The number of nitrogen functional groups attached to an aromatic ring is 1. The third kappa shape index (κ3) is 2.57. The number of benzene rings is 1. The van der Waals surface area contributed by atoms with Crippen molar-refractivity contribution in [1.82, 2.24) is 15.0 Å². The molecule has 0 amide bonds. The molecule has 0 fully saturated rings. The van der Waals surface area contributed by atoms with E-state index in [0.717, 1.165) is 0 Å². The molecular formula is C11H13ClN4O. The van der Waals surface area contributed by atoms with Gasteiger partial charge in [-0.15, -0.1) is 0 Å². The van der Waals surface area contributed by atoms with E-state index in [1.54, 1.807) is 18.2 Å². The predicted octanol–water partition coefficient (Wildman–Crippen LogP) is 2.03. The second-order valence-corrected chi connectivity index (χ2v) is 4.36. The molecule has 0 aliphatic heterocycles. The maximum absolute atomic E-state index is 6.06. The Morgan fingerprint density at radius 3 is 2.82 bits per heavy atom. The third-order valence-electron chi connectivity index (χ3n) is 2.19. The van der Waals surface area contributed by atoms with Crippen LogP contribution in [-0.4, -0.2) is 29.1 Å². The van der Waals surface area contributed by atoms with Gasteiger partial charge in [0.15, 0.2) is 5.82 Å². The summed E-state index contributed by atoms with van der Waals surface area (Å²) < 4.78 is 5.16. The zero-order valence-corrected chi connectivity index (χ0v) is 10.4. The largest absolute Gasteiger partial charge is 0.398 e. The predicted molar refractivity (Wildman–Crippen MR) is 66.5 cm³/mol. The molecule has 2 rings (SSSR count). The number of hydrogen-bond donors (Lipinski definition) is 1. The molecule has 1 aromatic heterocycles. The summed E-state index contributed by atoms with van der Waals surface area (Å²) in [5.41, 5.74) is 6.96. The molecule has 1 heterocycles. The molecule has 2 aromatic rings. The van der Waals surface area contributed by atoms with Crippen molar-refractivity contribution in [2.45, 2.75) is 6.54 Å². The topological polar surface area (TPSA) is 68.2 Å². The summed E-state index contributed by atoms with van der Waals surface area (Å²) in [4.78, 5) is 6.21. The maximum Gasteiger partial charge on any atom is 0.261 e. The van der Waals surface area contributed by atoms with E-state index in [9.17, 15) is 0 Å². The average Bonchev–Trinajstić information content (AvgIpc) is 2.65. The summed E-state index contributed by atoms with van der Waals surface area (Å²) >= 11 is 6.06. The molecule has 0 unspecified atom stereocenters. The first kappa shape index (κ1) is 11.9. The Hall–Kier alpha value is -1.59. The first-order chi connectivity index (χ1) is 8.08. The lowest BCUT2D eigenvalue weighted by Gasteiger charge is -2.04. The van der Waals surface area contributed by atoms with Gasteiger partial charge in [-0.3, -0.25) is 0 Å². The van der Waals surface area contributed by atoms with E-state index >= 15 is 0 Å². The van der Waals surface area contributed by atoms with Gasteiger partial charge >= 0.3 is 0 Å². The van der Waals surface area contributed by atoms with E-state index in [1.165, 1.54) is 0 Å². The van der Waals surface area contributed by atoms with E-state index < -0.39 is 0 Å². The van der Waals surface area contributed by atoms with Gasteiger partial charge in [-0.25, -0.2) is 0 Å². The molecule has 0 bridgehead atoms. The molecule has 0 aliphatic rings. The lowest BCUT2D eigenvalue weighted by molar-refractivity contribution is 0.365. The second-order valence-electron chi connectivity index (χ2n) is 3.96. The van der Waals surface area contributed by atoms with Crippen LogP contribution < -0.4 is 5.73 Å². The molecule has 0 atom stereocenters. The van der Waals surface area contributed by atoms with Crippen molar-refractivity contribution in [3.8, 4) is 11.5 Å². The summed E-state index contributed by atoms with van der Waals surface area (Å²) in [5, 5.41) is 4.38. The van der Waals surface area contributed by atoms with Gasteiger partial charge in [0.1, 0.15) is 0 Å². The fourth-order valence-corrected chi connectivity index (χ4v) is 1.73. The standard InChI is InChI=1S/C11H13ClN4O/c1-16(2)6-9-14-11(17-15-9)10-7(12)4-3-5-8(10)13/h3-5H,6,13H2,1-2H3. The van der Waals surface area contributed by atoms with Crippen LogP contribution in [-0.2, 0) is 6.54 Å². The van der Waals surface area contributed by atoms with Gasteiger partial charge in [-0.1, -0.05) is 22.8 Å². The van der Waals surface area contributed by atoms with Gasteiger partial charge in [-0.05, 0) is 26.2 Å². The molecule has 0 saturated heterocycles. The lowest BCUT2D eigenvalue weighted by Crippen LogP contribution is -2.11. The zero-order valence-electron chi connectivity index (χ0n) is 9.64. The monoisotopic (exact) mass is 252 g/mol. The molecule has 2 N–H and O–H groups in total. The molecule has 0 spiro atoms. The quantitative estimate of drug-likeness (QED) is 0.847. The minimum Gasteiger partial charge on any atom is -0.398 e. The van der Waals surface area contributed by atoms with Crippen LogP contribution in [0.3, 0.4) is 0 Å². The van der Waals surface area contributed by atoms with E-state index in [1.807, 2.05) is 19.0 Å². The molecule has 5 nitrogen and oxygen atoms in total. The first-order valence-electron chi connectivity index (χ1n) is 5.09. The van der Waals surface area contributed by atoms with Crippen LogP contribution >= 0.6 is 11.6 Å². The fourth-order valence-electron chi connectivity index (χ4n) is 1.47. The summed E-state index contributed by atoms with van der Waals surface area (Å²) in [6, 6.07) is 5.26. The minimum atomic E-state index is 0.352. The van der Waals surface area contributed by atoms with Crippen LogP contribution in [0, 0.1) is 0 Å². The molecule has 90 valence electrons. The van der Waals surface area contributed by atoms with Crippen LogP contribution in [0.2, 0.25) is 5.02 Å². The van der Waals surface area contributed by atoms with E-state index in [2.05, 4.69) is 10.1 Å². The van der Waals surface area contributed by atoms with Gasteiger partial charge in [0.25, 0.3) is 5.89 Å². The van der Waals surface area contributed by atoms with E-state index in [0.29, 0.717) is 34.5 Å². The Labute approximate surface area is 104 Å². The van der Waals surface area contributed by atoms with Crippen molar-refractivity contribution in [3.05, 3.63) is 29.0 Å². The smallest absolute Gasteiger partial charge is 0.261 e. The van der Waals surface area contributed by atoms with E-state index in [4.69, 9.17) is 21.9 Å². The van der Waals surface area contributed by atoms with Crippen LogP contribution in [0.1, 0.15) is 5.82 Å². The Morgan fingerprint density at radius 1 is 1.41 bits per heavy atom. The van der Waals surface area contributed by atoms with Crippen LogP contribution in [0.25, 0.3) is 11.5 Å². The SMILES string of the molecule is CN(C)Cc1noc(-c2c(N)cccc2Cl)n1. The Kier molecular flexibility index (Phi) is 3.31. The fraction of sp³-hybridized carbons (Fsp3) is 0.273. The highest BCUT2D eigenvalue weighted by Gasteiger charge is 2.15. The molecule has 6 heteroatoms. The van der Waals surface area contributed by atoms with Crippen molar-refractivity contribution in [1.29, 1.82) is 0 Å². The molecular weight excluding hydrogens is 240 g/mol. The number of nitrogens with two attached hydrogens (primary N) is 1. The van der Waals surface area contributed by atoms with Gasteiger partial charge in [0.2, 0.25) is 0 Å². The van der Waals surface area contributed by atoms with Crippen molar-refractivity contribution < 1.29 is 4.52 Å². The number of halogens is 1. The summed E-state index contributed by atoms with van der Waals surface area (Å²) in [6.45, 7) is 0.605. The lowest BCUT2D eigenvalue weighted by atomic mass is 10.2.